The van der Waals surface area contributed by atoms with Crippen molar-refractivity contribution in [3.05, 3.63) is 21.7 Å². The van der Waals surface area contributed by atoms with Gasteiger partial charge in [-0.25, -0.2) is 14.6 Å². The number of carbonyl (C=O) groups is 5. The largest absolute Gasteiger partial charge is 0.479 e. The lowest BCUT2D eigenvalue weighted by Crippen LogP contribution is -2.71. The summed E-state index contributed by atoms with van der Waals surface area (Å²) in [6.45, 7) is -0.816. The number of carboxylic acids is 2. The molecule has 0 bridgehead atoms. The van der Waals surface area contributed by atoms with Crippen LogP contribution < -0.4 is 16.8 Å². The highest BCUT2D eigenvalue weighted by molar-refractivity contribution is 8.06. The fourth-order valence-electron chi connectivity index (χ4n) is 2.82. The molecule has 7 N–H and O–H groups in total. The van der Waals surface area contributed by atoms with Crippen molar-refractivity contribution in [2.75, 3.05) is 23.8 Å². The molecule has 1 fully saturated rings. The summed E-state index contributed by atoms with van der Waals surface area (Å²) in [4.78, 5) is 68.9. The number of hydrogen-bond acceptors (Lipinski definition) is 12. The highest BCUT2D eigenvalue weighted by Gasteiger charge is 2.54. The lowest BCUT2D eigenvalue weighted by molar-refractivity contribution is -0.150. The Morgan fingerprint density at radius 2 is 2.09 bits per heavy atom. The first kappa shape index (κ1) is 24.3. The van der Waals surface area contributed by atoms with Crippen LogP contribution in [0.4, 0.5) is 5.13 Å². The third-order valence-electron chi connectivity index (χ3n) is 4.13. The molecule has 0 aliphatic carbocycles. The minimum absolute atomic E-state index is 0.0107. The lowest BCUT2D eigenvalue weighted by Gasteiger charge is -2.49. The molecule has 176 valence electrons. The van der Waals surface area contributed by atoms with Crippen LogP contribution >= 0.6 is 34.9 Å². The van der Waals surface area contributed by atoms with E-state index in [2.05, 4.69) is 20.3 Å². The Morgan fingerprint density at radius 1 is 1.36 bits per heavy atom. The molecule has 1 aromatic heterocycles. The number of nitrogen functional groups attached to an aromatic ring is 1. The van der Waals surface area contributed by atoms with Gasteiger partial charge in [0.1, 0.15) is 22.8 Å². The van der Waals surface area contributed by atoms with Gasteiger partial charge in [-0.2, -0.15) is 0 Å². The van der Waals surface area contributed by atoms with Gasteiger partial charge in [-0.05, 0) is 0 Å². The molecule has 0 unspecified atom stereocenters. The predicted molar refractivity (Wildman–Crippen MR) is 118 cm³/mol. The van der Waals surface area contributed by atoms with Gasteiger partial charge in [0, 0.05) is 16.0 Å². The molecule has 3 heterocycles. The number of β-lactam (4-membered cyclic amide) rings is 1. The molecule has 2 aliphatic rings. The average Bonchev–Trinajstić information content (AvgIpc) is 3.17. The van der Waals surface area contributed by atoms with Crippen molar-refractivity contribution in [3.63, 3.8) is 0 Å². The maximum atomic E-state index is 12.8. The molecule has 2 aliphatic heterocycles. The number of oxime groups is 1. The van der Waals surface area contributed by atoms with Crippen molar-refractivity contribution in [1.29, 1.82) is 0 Å². The van der Waals surface area contributed by atoms with Crippen LogP contribution in [0.5, 0.6) is 0 Å². The van der Waals surface area contributed by atoms with E-state index in [9.17, 15) is 29.1 Å². The van der Waals surface area contributed by atoms with Crippen LogP contribution in [0.25, 0.3) is 0 Å². The summed E-state index contributed by atoms with van der Waals surface area (Å²) in [5.41, 5.74) is 10.0. The van der Waals surface area contributed by atoms with E-state index in [1.807, 2.05) is 0 Å². The Balaban J connectivity index is 1.78. The fraction of sp³-hybridized carbons (Fsp3) is 0.312. The van der Waals surface area contributed by atoms with Crippen LogP contribution in [-0.4, -0.2) is 85.0 Å². The van der Waals surface area contributed by atoms with Crippen molar-refractivity contribution < 1.29 is 39.0 Å². The number of carboxylic acid groups (broad SMARTS) is 2. The second kappa shape index (κ2) is 10.1. The Hall–Kier alpha value is -3.31. The predicted octanol–water partition coefficient (Wildman–Crippen LogP) is -1.55. The molecule has 3 rings (SSSR count). The van der Waals surface area contributed by atoms with Gasteiger partial charge in [0.15, 0.2) is 10.8 Å². The van der Waals surface area contributed by atoms with Crippen LogP contribution in [-0.2, 0) is 28.8 Å². The minimum Gasteiger partial charge on any atom is -0.479 e. The standard InChI is InChI=1S/C16H16N6O8S3/c17-7(23)4-31-6-3-32-14-10(13(27)22(14)11(6)15(28)29)20-12(26)9(21-30-1-8(24)25)5-2-33-16(18)19-5/h2,10,14H,1,3-4H2,(H2,17,23)(H2,18,19)(H,20,26)(H,24,25)(H,28,29)/b21-9-/t10-,14+/m1/s1. The number of amides is 3. The number of nitrogens with zero attached hydrogens (tertiary/aromatic N) is 3. The molecule has 0 aromatic carbocycles. The topological polar surface area (TPSA) is 228 Å². The number of rotatable bonds is 10. The number of thioether (sulfide) groups is 2. The van der Waals surface area contributed by atoms with Gasteiger partial charge in [-0.1, -0.05) is 5.16 Å². The molecular formula is C16H16N6O8S3. The number of fused-ring (bicyclic) bond motifs is 1. The van der Waals surface area contributed by atoms with E-state index in [1.165, 1.54) is 17.1 Å². The van der Waals surface area contributed by atoms with E-state index >= 15 is 0 Å². The zero-order valence-electron chi connectivity index (χ0n) is 16.4. The highest BCUT2D eigenvalue weighted by Crippen LogP contribution is 2.43. The van der Waals surface area contributed by atoms with E-state index in [1.54, 1.807) is 0 Å². The smallest absolute Gasteiger partial charge is 0.353 e. The van der Waals surface area contributed by atoms with Crippen LogP contribution in [0.2, 0.25) is 0 Å². The van der Waals surface area contributed by atoms with Crippen molar-refractivity contribution in [1.82, 2.24) is 15.2 Å². The quantitative estimate of drug-likeness (QED) is 0.135. The van der Waals surface area contributed by atoms with Gasteiger partial charge >= 0.3 is 11.9 Å². The molecular weight excluding hydrogens is 500 g/mol. The summed E-state index contributed by atoms with van der Waals surface area (Å²) < 4.78 is 0. The van der Waals surface area contributed by atoms with Crippen LogP contribution in [0, 0.1) is 0 Å². The Labute approximate surface area is 197 Å². The number of nitrogens with one attached hydrogen (secondary N) is 1. The summed E-state index contributed by atoms with van der Waals surface area (Å²) in [7, 11) is 0. The number of thiazole rings is 1. The molecule has 1 saturated heterocycles. The molecule has 0 spiro atoms. The number of hydrogen-bond donors (Lipinski definition) is 5. The zero-order valence-corrected chi connectivity index (χ0v) is 18.9. The normalized spacial score (nSPS) is 20.1. The summed E-state index contributed by atoms with van der Waals surface area (Å²) >= 11 is 3.13. The van der Waals surface area contributed by atoms with Gasteiger partial charge in [0.25, 0.3) is 11.8 Å². The third kappa shape index (κ3) is 5.37. The number of primary amides is 1. The van der Waals surface area contributed by atoms with Crippen molar-refractivity contribution >= 4 is 75.4 Å². The monoisotopic (exact) mass is 516 g/mol. The Kier molecular flexibility index (Phi) is 7.44. The van der Waals surface area contributed by atoms with Gasteiger partial charge < -0.3 is 31.8 Å². The van der Waals surface area contributed by atoms with E-state index in [0.717, 1.165) is 28.0 Å². The maximum Gasteiger partial charge on any atom is 0.353 e. The van der Waals surface area contributed by atoms with Crippen molar-refractivity contribution in [2.24, 2.45) is 10.9 Å². The molecule has 1 aromatic rings. The minimum atomic E-state index is -1.35. The Bertz CT molecular complexity index is 1090. The first-order chi connectivity index (χ1) is 15.6. The number of anilines is 1. The third-order valence-corrected chi connectivity index (χ3v) is 7.39. The van der Waals surface area contributed by atoms with E-state index in [0.29, 0.717) is 4.91 Å². The van der Waals surface area contributed by atoms with Gasteiger partial charge in [-0.15, -0.1) is 34.9 Å². The number of aliphatic carboxylic acids is 2. The van der Waals surface area contributed by atoms with Gasteiger partial charge in [-0.3, -0.25) is 19.3 Å². The first-order valence-corrected chi connectivity index (χ1v) is 11.8. The van der Waals surface area contributed by atoms with Gasteiger partial charge in [0.2, 0.25) is 12.5 Å². The molecule has 0 radical (unpaired) electrons. The summed E-state index contributed by atoms with van der Waals surface area (Å²) in [6, 6.07) is -1.08. The first-order valence-electron chi connectivity index (χ1n) is 8.86. The van der Waals surface area contributed by atoms with Crippen molar-refractivity contribution in [3.8, 4) is 0 Å². The summed E-state index contributed by atoms with van der Waals surface area (Å²) in [6.07, 6.45) is 0. The Morgan fingerprint density at radius 3 is 2.67 bits per heavy atom. The maximum absolute atomic E-state index is 12.8. The number of carbonyl (C=O) groups excluding carboxylic acids is 3. The van der Waals surface area contributed by atoms with E-state index in [-0.39, 0.29) is 28.0 Å². The average molecular weight is 517 g/mol. The molecule has 14 nitrogen and oxygen atoms in total. The molecule has 33 heavy (non-hydrogen) atoms. The molecule has 0 saturated carbocycles. The van der Waals surface area contributed by atoms with Gasteiger partial charge in [0.05, 0.1) is 5.75 Å². The van der Waals surface area contributed by atoms with E-state index < -0.39 is 53.4 Å². The molecule has 3 amide bonds. The van der Waals surface area contributed by atoms with E-state index in [4.69, 9.17) is 16.6 Å². The molecule has 17 heteroatoms. The number of aromatic nitrogens is 1. The fourth-order valence-corrected chi connectivity index (χ4v) is 5.74. The summed E-state index contributed by atoms with van der Waals surface area (Å²) in [5.74, 6) is -4.84. The van der Waals surface area contributed by atoms with Crippen molar-refractivity contribution in [2.45, 2.75) is 11.4 Å². The SMILES string of the molecule is NC(=O)CSC1=C(C(=O)O)N2C(=O)[C@@H](NC(=O)/C(=N\OCC(=O)O)c3csc(N)n3)[C@@H]2SC1. The number of nitrogens with two attached hydrogens (primary N) is 2. The zero-order chi connectivity index (χ0) is 24.3. The van der Waals surface area contributed by atoms with Crippen LogP contribution in [0.1, 0.15) is 5.69 Å². The lowest BCUT2D eigenvalue weighted by atomic mass is 10.0. The molecule has 2 atom stereocenters. The highest BCUT2D eigenvalue weighted by atomic mass is 32.2. The summed E-state index contributed by atoms with van der Waals surface area (Å²) in [5, 5.41) is 25.0. The van der Waals surface area contributed by atoms with Crippen LogP contribution in [0.3, 0.4) is 0 Å². The second-order valence-corrected chi connectivity index (χ2v) is 9.44. The second-order valence-electron chi connectivity index (χ2n) is 6.37. The van der Waals surface area contributed by atoms with Crippen LogP contribution in [0.15, 0.2) is 21.1 Å².